The second-order valence-electron chi connectivity index (χ2n) is 7.67. The average Bonchev–Trinajstić information content (AvgIpc) is 3.19. The third kappa shape index (κ3) is 5.48. The van der Waals surface area contributed by atoms with Gasteiger partial charge in [0.2, 0.25) is 15.9 Å². The molecule has 4 rings (SSSR count). The first-order valence-corrected chi connectivity index (χ1v) is 11.7. The summed E-state index contributed by atoms with van der Waals surface area (Å²) in [5.74, 6) is -0.567. The van der Waals surface area contributed by atoms with Gasteiger partial charge in [0, 0.05) is 30.5 Å². The Labute approximate surface area is 188 Å². The van der Waals surface area contributed by atoms with E-state index in [-0.39, 0.29) is 36.4 Å². The number of sulfonamides is 1. The van der Waals surface area contributed by atoms with E-state index in [4.69, 9.17) is 4.42 Å². The number of rotatable bonds is 6. The van der Waals surface area contributed by atoms with Gasteiger partial charge in [0.05, 0.1) is 11.4 Å². The van der Waals surface area contributed by atoms with Gasteiger partial charge in [0.25, 0.3) is 0 Å². The number of carbonyl (C=O) groups excluding carboxylic acids is 1. The third-order valence-electron chi connectivity index (χ3n) is 5.41. The summed E-state index contributed by atoms with van der Waals surface area (Å²) in [6.07, 6.45) is -4.33. The number of para-hydroxylation sites is 1. The molecule has 1 aliphatic heterocycles. The lowest BCUT2D eigenvalue weighted by Gasteiger charge is -2.30. The van der Waals surface area contributed by atoms with Crippen LogP contribution < -0.4 is 10.1 Å². The summed E-state index contributed by atoms with van der Waals surface area (Å²) < 4.78 is 73.7. The van der Waals surface area contributed by atoms with Crippen LogP contribution in [-0.2, 0) is 21.4 Å². The number of hydrogen-bond acceptors (Lipinski definition) is 5. The van der Waals surface area contributed by atoms with E-state index in [0.29, 0.717) is 18.6 Å². The standard InChI is InChI=1S/C22H21F3N2O5S/c23-22(24,25)32-17-5-3-6-19(13-17)33(29,30)27-10-8-15(9-11-27)21(28)26-14-18-12-16-4-1-2-7-20(16)31-18/h1-7,12-13,15H,8-11,14H2,(H,26,28). The number of benzene rings is 2. The fraction of sp³-hybridized carbons (Fsp3) is 0.318. The maximum atomic E-state index is 12.9. The quantitative estimate of drug-likeness (QED) is 0.573. The lowest BCUT2D eigenvalue weighted by Crippen LogP contribution is -2.42. The van der Waals surface area contributed by atoms with Crippen LogP contribution in [0.3, 0.4) is 0 Å². The van der Waals surface area contributed by atoms with E-state index in [0.717, 1.165) is 23.1 Å². The van der Waals surface area contributed by atoms with Gasteiger partial charge in [-0.3, -0.25) is 4.79 Å². The lowest BCUT2D eigenvalue weighted by atomic mass is 9.97. The van der Waals surface area contributed by atoms with Gasteiger partial charge >= 0.3 is 6.36 Å². The van der Waals surface area contributed by atoms with Crippen molar-refractivity contribution in [3.05, 3.63) is 60.4 Å². The SMILES string of the molecule is O=C(NCc1cc2ccccc2o1)C1CCN(S(=O)(=O)c2cccc(OC(F)(F)F)c2)CC1. The van der Waals surface area contributed by atoms with Gasteiger partial charge in [-0.2, -0.15) is 4.31 Å². The minimum atomic E-state index is -4.92. The van der Waals surface area contributed by atoms with Crippen LogP contribution in [-0.4, -0.2) is 38.1 Å². The number of fused-ring (bicyclic) bond motifs is 1. The highest BCUT2D eigenvalue weighted by molar-refractivity contribution is 7.89. The van der Waals surface area contributed by atoms with Crippen molar-refractivity contribution >= 4 is 26.9 Å². The summed E-state index contributed by atoms with van der Waals surface area (Å²) in [5, 5.41) is 3.76. The molecular weight excluding hydrogens is 461 g/mol. The Balaban J connectivity index is 1.34. The highest BCUT2D eigenvalue weighted by Gasteiger charge is 2.34. The van der Waals surface area contributed by atoms with Crippen molar-refractivity contribution in [2.24, 2.45) is 5.92 Å². The molecule has 1 N–H and O–H groups in total. The van der Waals surface area contributed by atoms with Crippen LogP contribution in [0.4, 0.5) is 13.2 Å². The predicted molar refractivity (Wildman–Crippen MR) is 113 cm³/mol. The number of carbonyl (C=O) groups is 1. The van der Waals surface area contributed by atoms with Crippen molar-refractivity contribution in [1.82, 2.24) is 9.62 Å². The molecule has 0 spiro atoms. The van der Waals surface area contributed by atoms with Crippen molar-refractivity contribution in [3.63, 3.8) is 0 Å². The van der Waals surface area contributed by atoms with E-state index in [1.807, 2.05) is 30.3 Å². The van der Waals surface area contributed by atoms with Gasteiger partial charge in [-0.1, -0.05) is 24.3 Å². The summed E-state index contributed by atoms with van der Waals surface area (Å²) in [4.78, 5) is 12.3. The highest BCUT2D eigenvalue weighted by atomic mass is 32.2. The van der Waals surface area contributed by atoms with Gasteiger partial charge in [-0.05, 0) is 37.1 Å². The molecule has 2 aromatic carbocycles. The molecule has 0 unspecified atom stereocenters. The van der Waals surface area contributed by atoms with Gasteiger partial charge in [0.15, 0.2) is 0 Å². The maximum Gasteiger partial charge on any atom is 0.573 e. The molecule has 0 radical (unpaired) electrons. The van der Waals surface area contributed by atoms with Crippen LogP contribution in [0.5, 0.6) is 5.75 Å². The Morgan fingerprint density at radius 2 is 1.82 bits per heavy atom. The summed E-state index contributed by atoms with van der Waals surface area (Å²) in [6, 6.07) is 13.6. The molecule has 0 bridgehead atoms. The normalized spacial score (nSPS) is 16.1. The number of alkyl halides is 3. The Morgan fingerprint density at radius 3 is 2.52 bits per heavy atom. The summed E-state index contributed by atoms with van der Waals surface area (Å²) in [5.41, 5.74) is 0.727. The highest BCUT2D eigenvalue weighted by Crippen LogP contribution is 2.28. The van der Waals surface area contributed by atoms with Crippen LogP contribution in [0, 0.1) is 5.92 Å². The topological polar surface area (TPSA) is 88.9 Å². The van der Waals surface area contributed by atoms with Crippen molar-refractivity contribution in [1.29, 1.82) is 0 Å². The summed E-state index contributed by atoms with van der Waals surface area (Å²) in [6.45, 7) is 0.378. The molecule has 7 nitrogen and oxygen atoms in total. The number of halogens is 3. The van der Waals surface area contributed by atoms with Crippen LogP contribution in [0.25, 0.3) is 11.0 Å². The van der Waals surface area contributed by atoms with E-state index in [1.54, 1.807) is 0 Å². The maximum absolute atomic E-state index is 12.9. The minimum absolute atomic E-state index is 0.0788. The molecule has 1 aromatic heterocycles. The van der Waals surface area contributed by atoms with Crippen molar-refractivity contribution in [2.75, 3.05) is 13.1 Å². The second-order valence-corrected chi connectivity index (χ2v) is 9.61. The van der Waals surface area contributed by atoms with E-state index >= 15 is 0 Å². The molecule has 176 valence electrons. The number of nitrogens with one attached hydrogen (secondary N) is 1. The van der Waals surface area contributed by atoms with Gasteiger partial charge in [-0.25, -0.2) is 8.42 Å². The van der Waals surface area contributed by atoms with Gasteiger partial charge < -0.3 is 14.5 Å². The van der Waals surface area contributed by atoms with E-state index in [2.05, 4.69) is 10.1 Å². The van der Waals surface area contributed by atoms with E-state index in [9.17, 15) is 26.4 Å². The fourth-order valence-electron chi connectivity index (χ4n) is 3.78. The zero-order chi connectivity index (χ0) is 23.6. The molecule has 11 heteroatoms. The van der Waals surface area contributed by atoms with Crippen molar-refractivity contribution in [3.8, 4) is 5.75 Å². The molecule has 33 heavy (non-hydrogen) atoms. The molecule has 1 fully saturated rings. The summed E-state index contributed by atoms with van der Waals surface area (Å²) >= 11 is 0. The average molecular weight is 482 g/mol. The molecule has 0 aliphatic carbocycles. The smallest absolute Gasteiger partial charge is 0.459 e. The van der Waals surface area contributed by atoms with Crippen LogP contribution >= 0.6 is 0 Å². The molecular formula is C22H21F3N2O5S. The Morgan fingerprint density at radius 1 is 1.09 bits per heavy atom. The number of nitrogens with zero attached hydrogens (tertiary/aromatic N) is 1. The number of hydrogen-bond donors (Lipinski definition) is 1. The minimum Gasteiger partial charge on any atom is -0.459 e. The van der Waals surface area contributed by atoms with E-state index in [1.165, 1.54) is 16.4 Å². The zero-order valence-corrected chi connectivity index (χ0v) is 18.2. The largest absolute Gasteiger partial charge is 0.573 e. The number of amides is 1. The van der Waals surface area contributed by atoms with Crippen molar-refractivity contribution < 1.29 is 35.5 Å². The van der Waals surface area contributed by atoms with Crippen LogP contribution in [0.2, 0.25) is 0 Å². The summed E-state index contributed by atoms with van der Waals surface area (Å²) in [7, 11) is -4.02. The fourth-order valence-corrected chi connectivity index (χ4v) is 5.29. The first-order chi connectivity index (χ1) is 15.6. The van der Waals surface area contributed by atoms with Crippen LogP contribution in [0.1, 0.15) is 18.6 Å². The number of piperidine rings is 1. The first-order valence-electron chi connectivity index (χ1n) is 10.2. The van der Waals surface area contributed by atoms with Gasteiger partial charge in [-0.15, -0.1) is 13.2 Å². The molecule has 0 atom stereocenters. The zero-order valence-electron chi connectivity index (χ0n) is 17.3. The molecule has 3 aromatic rings. The molecule has 1 saturated heterocycles. The predicted octanol–water partition coefficient (Wildman–Crippen LogP) is 4.05. The van der Waals surface area contributed by atoms with Crippen LogP contribution in [0.15, 0.2) is 63.9 Å². The Hall–Kier alpha value is -3.05. The molecule has 0 saturated carbocycles. The molecule has 2 heterocycles. The Kier molecular flexibility index (Phi) is 6.35. The monoisotopic (exact) mass is 482 g/mol. The first kappa shape index (κ1) is 23.1. The second kappa shape index (κ2) is 9.06. The van der Waals surface area contributed by atoms with Gasteiger partial charge in [0.1, 0.15) is 17.1 Å². The Bertz CT molecular complexity index is 1220. The lowest BCUT2D eigenvalue weighted by molar-refractivity contribution is -0.274. The van der Waals surface area contributed by atoms with Crippen molar-refractivity contribution in [2.45, 2.75) is 30.6 Å². The number of furan rings is 1. The molecule has 1 amide bonds. The molecule has 1 aliphatic rings. The number of ether oxygens (including phenoxy) is 1. The third-order valence-corrected chi connectivity index (χ3v) is 7.31. The van der Waals surface area contributed by atoms with E-state index < -0.39 is 22.1 Å².